The van der Waals surface area contributed by atoms with Crippen LogP contribution in [0.15, 0.2) is 54.9 Å². The smallest absolute Gasteiger partial charge is 0.269 e. The van der Waals surface area contributed by atoms with Crippen molar-refractivity contribution in [2.45, 2.75) is 25.3 Å². The van der Waals surface area contributed by atoms with Crippen LogP contribution < -0.4 is 5.32 Å². The Balaban J connectivity index is 1.40. The highest BCUT2D eigenvalue weighted by atomic mass is 16.2. The minimum Gasteiger partial charge on any atom is -0.356 e. The second kappa shape index (κ2) is 6.39. The first kappa shape index (κ1) is 15.8. The second-order valence-electron chi connectivity index (χ2n) is 6.89. The van der Waals surface area contributed by atoms with E-state index < -0.39 is 0 Å². The highest BCUT2D eigenvalue weighted by Gasteiger charge is 2.26. The van der Waals surface area contributed by atoms with Gasteiger partial charge in [0.2, 0.25) is 0 Å². The Morgan fingerprint density at radius 2 is 2.11 bits per heavy atom. The number of hydrogen-bond acceptors (Lipinski definition) is 3. The number of carbonyl (C=O) groups excluding carboxylic acids is 1. The largest absolute Gasteiger partial charge is 0.356 e. The lowest BCUT2D eigenvalue weighted by Gasteiger charge is -2.23. The van der Waals surface area contributed by atoms with E-state index in [1.807, 2.05) is 18.2 Å². The second-order valence-corrected chi connectivity index (χ2v) is 6.89. The fourth-order valence-electron chi connectivity index (χ4n) is 3.90. The van der Waals surface area contributed by atoms with Crippen molar-refractivity contribution in [3.05, 3.63) is 71.8 Å². The molecular weight excluding hydrogens is 338 g/mol. The van der Waals surface area contributed by atoms with Gasteiger partial charge in [-0.3, -0.25) is 14.9 Å². The SMILES string of the molecule is O=C(NC1CCCc2c1[nH]c1ccccc21)c1cc(-c2cccnc2)n[nH]1. The molecule has 1 aliphatic carbocycles. The lowest BCUT2D eigenvalue weighted by atomic mass is 9.91. The summed E-state index contributed by atoms with van der Waals surface area (Å²) < 4.78 is 0. The van der Waals surface area contributed by atoms with Crippen LogP contribution in [0.25, 0.3) is 22.2 Å². The Bertz CT molecular complexity index is 1110. The van der Waals surface area contributed by atoms with Crippen LogP contribution in [0, 0.1) is 0 Å². The van der Waals surface area contributed by atoms with E-state index >= 15 is 0 Å². The minimum atomic E-state index is -0.144. The summed E-state index contributed by atoms with van der Waals surface area (Å²) in [5, 5.41) is 11.5. The molecule has 0 spiro atoms. The third-order valence-electron chi connectivity index (χ3n) is 5.20. The van der Waals surface area contributed by atoms with Gasteiger partial charge in [0.15, 0.2) is 0 Å². The highest BCUT2D eigenvalue weighted by molar-refractivity contribution is 5.94. The zero-order chi connectivity index (χ0) is 18.2. The normalized spacial score (nSPS) is 16.2. The summed E-state index contributed by atoms with van der Waals surface area (Å²) in [7, 11) is 0. The molecule has 0 saturated carbocycles. The van der Waals surface area contributed by atoms with Crippen molar-refractivity contribution < 1.29 is 4.79 Å². The van der Waals surface area contributed by atoms with Crippen LogP contribution >= 0.6 is 0 Å². The molecule has 1 aromatic carbocycles. The highest BCUT2D eigenvalue weighted by Crippen LogP contribution is 2.34. The molecule has 3 N–H and O–H groups in total. The van der Waals surface area contributed by atoms with Crippen molar-refractivity contribution in [1.29, 1.82) is 0 Å². The average Bonchev–Trinajstić information content (AvgIpc) is 3.35. The fraction of sp³-hybridized carbons (Fsp3) is 0.190. The monoisotopic (exact) mass is 357 g/mol. The van der Waals surface area contributed by atoms with Crippen molar-refractivity contribution >= 4 is 16.8 Å². The van der Waals surface area contributed by atoms with Crippen molar-refractivity contribution in [1.82, 2.24) is 25.5 Å². The standard InChI is InChI=1S/C21H19N5O/c27-21(19-11-18(25-26-19)13-5-4-10-22-12-13)24-17-9-3-7-15-14-6-1-2-8-16(14)23-20(15)17/h1-2,4-6,8,10-12,17,23H,3,7,9H2,(H,24,27)(H,25,26). The molecule has 4 aromatic rings. The third-order valence-corrected chi connectivity index (χ3v) is 5.20. The number of H-pyrrole nitrogens is 2. The molecule has 0 radical (unpaired) electrons. The van der Waals surface area contributed by atoms with E-state index in [0.29, 0.717) is 11.4 Å². The lowest BCUT2D eigenvalue weighted by molar-refractivity contribution is 0.0927. The van der Waals surface area contributed by atoms with Crippen molar-refractivity contribution in [3.8, 4) is 11.3 Å². The number of benzene rings is 1. The number of aromatic nitrogens is 4. The Labute approximate surface area is 156 Å². The predicted molar refractivity (Wildman–Crippen MR) is 103 cm³/mol. The van der Waals surface area contributed by atoms with E-state index in [1.165, 1.54) is 10.9 Å². The number of rotatable bonds is 3. The lowest BCUT2D eigenvalue weighted by Crippen LogP contribution is -2.31. The maximum atomic E-state index is 12.8. The molecule has 0 fully saturated rings. The maximum absolute atomic E-state index is 12.8. The van der Waals surface area contributed by atoms with Crippen LogP contribution in [0.4, 0.5) is 0 Å². The summed E-state index contributed by atoms with van der Waals surface area (Å²) in [5.41, 5.74) is 5.62. The average molecular weight is 357 g/mol. The molecule has 134 valence electrons. The van der Waals surface area contributed by atoms with E-state index in [9.17, 15) is 4.79 Å². The zero-order valence-electron chi connectivity index (χ0n) is 14.7. The fourth-order valence-corrected chi connectivity index (χ4v) is 3.90. The van der Waals surface area contributed by atoms with Gasteiger partial charge in [0.05, 0.1) is 11.7 Å². The van der Waals surface area contributed by atoms with Crippen molar-refractivity contribution in [2.24, 2.45) is 0 Å². The van der Waals surface area contributed by atoms with Gasteiger partial charge in [-0.25, -0.2) is 0 Å². The first-order valence-corrected chi connectivity index (χ1v) is 9.16. The van der Waals surface area contributed by atoms with Crippen LogP contribution in [-0.4, -0.2) is 26.1 Å². The van der Waals surface area contributed by atoms with Gasteiger partial charge < -0.3 is 10.3 Å². The number of nitrogens with one attached hydrogen (secondary N) is 3. The van der Waals surface area contributed by atoms with Gasteiger partial charge in [0.25, 0.3) is 5.91 Å². The molecule has 1 aliphatic rings. The third kappa shape index (κ3) is 2.79. The number of pyridine rings is 1. The summed E-state index contributed by atoms with van der Waals surface area (Å²) in [6, 6.07) is 13.8. The molecule has 0 aliphatic heterocycles. The van der Waals surface area contributed by atoms with Crippen LogP contribution in [0.1, 0.15) is 40.6 Å². The summed E-state index contributed by atoms with van der Waals surface area (Å²) in [6.07, 6.45) is 6.47. The number of hydrogen-bond donors (Lipinski definition) is 3. The molecular formula is C21H19N5O. The van der Waals surface area contributed by atoms with E-state index in [2.05, 4.69) is 43.7 Å². The molecule has 6 nitrogen and oxygen atoms in total. The number of aryl methyl sites for hydroxylation is 1. The van der Waals surface area contributed by atoms with Crippen molar-refractivity contribution in [3.63, 3.8) is 0 Å². The molecule has 1 amide bonds. The zero-order valence-corrected chi connectivity index (χ0v) is 14.7. The van der Waals surface area contributed by atoms with Gasteiger partial charge in [-0.05, 0) is 49.1 Å². The van der Waals surface area contributed by atoms with Gasteiger partial charge >= 0.3 is 0 Å². The Kier molecular flexibility index (Phi) is 3.74. The van der Waals surface area contributed by atoms with Gasteiger partial charge in [-0.15, -0.1) is 0 Å². The van der Waals surface area contributed by atoms with Gasteiger partial charge in [0.1, 0.15) is 5.69 Å². The van der Waals surface area contributed by atoms with E-state index in [-0.39, 0.29) is 11.9 Å². The summed E-state index contributed by atoms with van der Waals surface area (Å²) in [6.45, 7) is 0. The van der Waals surface area contributed by atoms with Crippen LogP contribution in [0.3, 0.4) is 0 Å². The van der Waals surface area contributed by atoms with E-state index in [1.54, 1.807) is 18.5 Å². The first-order valence-electron chi connectivity index (χ1n) is 9.16. The summed E-state index contributed by atoms with van der Waals surface area (Å²) >= 11 is 0. The van der Waals surface area contributed by atoms with E-state index in [4.69, 9.17) is 0 Å². The summed E-state index contributed by atoms with van der Waals surface area (Å²) in [5.74, 6) is -0.144. The van der Waals surface area contributed by atoms with Gasteiger partial charge in [-0.2, -0.15) is 5.10 Å². The quantitative estimate of drug-likeness (QED) is 0.522. The molecule has 1 unspecified atom stereocenters. The molecule has 1 atom stereocenters. The number of para-hydroxylation sites is 1. The van der Waals surface area contributed by atoms with E-state index in [0.717, 1.165) is 36.0 Å². The van der Waals surface area contributed by atoms with Gasteiger partial charge in [0, 0.05) is 34.6 Å². The number of amides is 1. The molecule has 0 saturated heterocycles. The predicted octanol–water partition coefficient (Wildman–Crippen LogP) is 3.76. The van der Waals surface area contributed by atoms with Crippen molar-refractivity contribution in [2.75, 3.05) is 0 Å². The molecule has 0 bridgehead atoms. The molecule has 27 heavy (non-hydrogen) atoms. The first-order chi connectivity index (χ1) is 13.3. The van der Waals surface area contributed by atoms with Crippen LogP contribution in [0.5, 0.6) is 0 Å². The number of aromatic amines is 2. The Hall–Kier alpha value is -3.41. The topological polar surface area (TPSA) is 86.5 Å². The maximum Gasteiger partial charge on any atom is 0.269 e. The molecule has 3 heterocycles. The molecule has 6 heteroatoms. The number of nitrogens with zero attached hydrogens (tertiary/aromatic N) is 2. The summed E-state index contributed by atoms with van der Waals surface area (Å²) in [4.78, 5) is 20.4. The molecule has 3 aromatic heterocycles. The Morgan fingerprint density at radius 3 is 3.00 bits per heavy atom. The van der Waals surface area contributed by atoms with Crippen LogP contribution in [-0.2, 0) is 6.42 Å². The molecule has 5 rings (SSSR count). The van der Waals surface area contributed by atoms with Gasteiger partial charge in [-0.1, -0.05) is 18.2 Å². The Morgan fingerprint density at radius 1 is 1.19 bits per heavy atom. The number of fused-ring (bicyclic) bond motifs is 3. The van der Waals surface area contributed by atoms with Crippen LogP contribution in [0.2, 0.25) is 0 Å². The number of carbonyl (C=O) groups is 1. The minimum absolute atomic E-state index is 0.0150.